The first kappa shape index (κ1) is 21.1. The molecule has 0 bridgehead atoms. The molecule has 158 valence electrons. The Bertz CT molecular complexity index is 1270. The maximum atomic E-state index is 13.8. The molecule has 1 N–H and O–H groups in total. The highest BCUT2D eigenvalue weighted by atomic mass is 32.2. The van der Waals surface area contributed by atoms with Crippen molar-refractivity contribution in [1.82, 2.24) is 4.31 Å². The van der Waals surface area contributed by atoms with E-state index in [1.165, 1.54) is 24.3 Å². The number of nitriles is 1. The molecule has 0 radical (unpaired) electrons. The van der Waals surface area contributed by atoms with Crippen molar-refractivity contribution in [2.24, 2.45) is 0 Å². The van der Waals surface area contributed by atoms with Gasteiger partial charge in [0.15, 0.2) is 0 Å². The monoisotopic (exact) mass is 440 g/mol. The fourth-order valence-corrected chi connectivity index (χ4v) is 5.91. The quantitative estimate of drug-likeness (QED) is 0.656. The van der Waals surface area contributed by atoms with E-state index in [4.69, 9.17) is 0 Å². The standard InChI is InChI=1S/C23H18F2N2O3S/c24-16-6-3-5-15(11-16)19-9-1-2-10-20(19)23-21(13-26)27(22(23)14-28)31(29,30)18-8-4-7-17(25)12-18/h1-12,21-23,28H,14H2/t21-,22+,23+/m1/s1. The summed E-state index contributed by atoms with van der Waals surface area (Å²) in [7, 11) is -4.22. The van der Waals surface area contributed by atoms with Gasteiger partial charge in [0.2, 0.25) is 10.0 Å². The summed E-state index contributed by atoms with van der Waals surface area (Å²) in [6.45, 7) is -0.533. The number of hydrogen-bond donors (Lipinski definition) is 1. The minimum atomic E-state index is -4.22. The lowest BCUT2D eigenvalue weighted by Gasteiger charge is -2.50. The molecule has 5 nitrogen and oxygen atoms in total. The molecule has 1 fully saturated rings. The number of aliphatic hydroxyl groups is 1. The van der Waals surface area contributed by atoms with Gasteiger partial charge in [-0.1, -0.05) is 42.5 Å². The zero-order chi connectivity index (χ0) is 22.2. The van der Waals surface area contributed by atoms with Gasteiger partial charge in [-0.25, -0.2) is 17.2 Å². The molecule has 1 aliphatic rings. The minimum absolute atomic E-state index is 0.289. The molecule has 0 saturated carbocycles. The predicted octanol–water partition coefficient (Wildman–Crippen LogP) is 3.67. The molecule has 0 aromatic heterocycles. The van der Waals surface area contributed by atoms with E-state index in [-0.39, 0.29) is 4.90 Å². The maximum absolute atomic E-state index is 13.8. The van der Waals surface area contributed by atoms with Crippen molar-refractivity contribution in [3.63, 3.8) is 0 Å². The van der Waals surface area contributed by atoms with Crippen molar-refractivity contribution < 1.29 is 22.3 Å². The van der Waals surface area contributed by atoms with Gasteiger partial charge in [-0.15, -0.1) is 0 Å². The van der Waals surface area contributed by atoms with Gasteiger partial charge >= 0.3 is 0 Å². The van der Waals surface area contributed by atoms with Crippen LogP contribution in [0.5, 0.6) is 0 Å². The molecule has 1 saturated heterocycles. The van der Waals surface area contributed by atoms with Gasteiger partial charge in [0, 0.05) is 5.92 Å². The topological polar surface area (TPSA) is 81.4 Å². The summed E-state index contributed by atoms with van der Waals surface area (Å²) in [6, 6.07) is 17.5. The van der Waals surface area contributed by atoms with Crippen molar-refractivity contribution in [3.8, 4) is 17.2 Å². The van der Waals surface area contributed by atoms with Crippen molar-refractivity contribution in [2.45, 2.75) is 22.9 Å². The average Bonchev–Trinajstić information content (AvgIpc) is 2.74. The smallest absolute Gasteiger partial charge is 0.244 e. The first-order valence-electron chi connectivity index (χ1n) is 9.53. The third-order valence-corrected chi connectivity index (χ3v) is 7.40. The lowest BCUT2D eigenvalue weighted by atomic mass is 9.75. The molecule has 3 aromatic carbocycles. The summed E-state index contributed by atoms with van der Waals surface area (Å²) in [4.78, 5) is -0.289. The minimum Gasteiger partial charge on any atom is -0.395 e. The first-order valence-corrected chi connectivity index (χ1v) is 11.0. The van der Waals surface area contributed by atoms with E-state index < -0.39 is 46.3 Å². The summed E-state index contributed by atoms with van der Waals surface area (Å²) >= 11 is 0. The highest BCUT2D eigenvalue weighted by Crippen LogP contribution is 2.46. The number of sulfonamides is 1. The lowest BCUT2D eigenvalue weighted by Crippen LogP contribution is -2.65. The molecule has 0 unspecified atom stereocenters. The number of hydrogen-bond acceptors (Lipinski definition) is 4. The molecule has 4 rings (SSSR count). The predicted molar refractivity (Wildman–Crippen MR) is 110 cm³/mol. The number of benzene rings is 3. The number of aliphatic hydroxyl groups excluding tert-OH is 1. The van der Waals surface area contributed by atoms with Crippen LogP contribution in [0.3, 0.4) is 0 Å². The second-order valence-corrected chi connectivity index (χ2v) is 9.08. The van der Waals surface area contributed by atoms with Crippen molar-refractivity contribution in [2.75, 3.05) is 6.61 Å². The van der Waals surface area contributed by atoms with Crippen LogP contribution in [0.1, 0.15) is 11.5 Å². The zero-order valence-corrected chi connectivity index (χ0v) is 17.0. The number of nitrogens with zero attached hydrogens (tertiary/aromatic N) is 2. The van der Waals surface area contributed by atoms with Crippen LogP contribution in [0.4, 0.5) is 8.78 Å². The average molecular weight is 440 g/mol. The van der Waals surface area contributed by atoms with E-state index >= 15 is 0 Å². The molecule has 0 spiro atoms. The molecular weight excluding hydrogens is 422 g/mol. The van der Waals surface area contributed by atoms with E-state index in [0.717, 1.165) is 16.4 Å². The van der Waals surface area contributed by atoms with Crippen LogP contribution in [0.25, 0.3) is 11.1 Å². The van der Waals surface area contributed by atoms with Crippen molar-refractivity contribution in [1.29, 1.82) is 5.26 Å². The maximum Gasteiger partial charge on any atom is 0.244 e. The third-order valence-electron chi connectivity index (χ3n) is 5.50. The second kappa shape index (κ2) is 8.19. The summed E-state index contributed by atoms with van der Waals surface area (Å²) in [5, 5.41) is 19.8. The SMILES string of the molecule is N#C[C@@H]1[C@H](c2ccccc2-c2cccc(F)c2)[C@H](CO)N1S(=O)(=O)c1cccc(F)c1. The fraction of sp³-hybridized carbons (Fsp3) is 0.174. The highest BCUT2D eigenvalue weighted by molar-refractivity contribution is 7.89. The first-order chi connectivity index (χ1) is 14.9. The van der Waals surface area contributed by atoms with E-state index in [0.29, 0.717) is 16.7 Å². The molecular formula is C23H18F2N2O3S. The summed E-state index contributed by atoms with van der Waals surface area (Å²) in [6.07, 6.45) is 0. The Balaban J connectivity index is 1.78. The Morgan fingerprint density at radius 3 is 2.29 bits per heavy atom. The fourth-order valence-electron chi connectivity index (χ4n) is 4.12. The highest BCUT2D eigenvalue weighted by Gasteiger charge is 2.55. The summed E-state index contributed by atoms with van der Waals surface area (Å²) in [5.74, 6) is -1.78. The summed E-state index contributed by atoms with van der Waals surface area (Å²) < 4.78 is 54.6. The molecule has 1 aliphatic heterocycles. The molecule has 0 amide bonds. The van der Waals surface area contributed by atoms with Crippen LogP contribution >= 0.6 is 0 Å². The summed E-state index contributed by atoms with van der Waals surface area (Å²) in [5.41, 5.74) is 1.85. The molecule has 8 heteroatoms. The molecule has 1 heterocycles. The van der Waals surface area contributed by atoms with E-state index in [2.05, 4.69) is 0 Å². The van der Waals surface area contributed by atoms with Crippen LogP contribution < -0.4 is 0 Å². The Morgan fingerprint density at radius 1 is 0.968 bits per heavy atom. The van der Waals surface area contributed by atoms with E-state index in [1.54, 1.807) is 36.4 Å². The normalized spacial score (nSPS) is 21.3. The number of rotatable bonds is 5. The molecule has 31 heavy (non-hydrogen) atoms. The molecule has 3 aromatic rings. The molecule has 3 atom stereocenters. The Kier molecular flexibility index (Phi) is 5.58. The second-order valence-electron chi connectivity index (χ2n) is 7.24. The van der Waals surface area contributed by atoms with Crippen molar-refractivity contribution >= 4 is 10.0 Å². The van der Waals surface area contributed by atoms with Gasteiger partial charge < -0.3 is 5.11 Å². The number of halogens is 2. The zero-order valence-electron chi connectivity index (χ0n) is 16.2. The molecule has 0 aliphatic carbocycles. The van der Waals surface area contributed by atoms with E-state index in [1.807, 2.05) is 6.07 Å². The van der Waals surface area contributed by atoms with Gasteiger partial charge in [-0.3, -0.25) is 0 Å². The van der Waals surface area contributed by atoms with Gasteiger partial charge in [-0.05, 0) is 47.0 Å². The van der Waals surface area contributed by atoms with Gasteiger partial charge in [0.05, 0.1) is 23.6 Å². The van der Waals surface area contributed by atoms with Crippen LogP contribution in [-0.2, 0) is 10.0 Å². The van der Waals surface area contributed by atoms with Gasteiger partial charge in [-0.2, -0.15) is 9.57 Å². The Hall–Kier alpha value is -3.12. The largest absolute Gasteiger partial charge is 0.395 e. The van der Waals surface area contributed by atoms with Crippen LogP contribution in [0.2, 0.25) is 0 Å². The van der Waals surface area contributed by atoms with E-state index in [9.17, 15) is 27.6 Å². The van der Waals surface area contributed by atoms with Crippen LogP contribution in [-0.4, -0.2) is 36.5 Å². The van der Waals surface area contributed by atoms with Gasteiger partial charge in [0.25, 0.3) is 0 Å². The van der Waals surface area contributed by atoms with Crippen molar-refractivity contribution in [3.05, 3.63) is 90.0 Å². The Labute approximate surface area is 178 Å². The lowest BCUT2D eigenvalue weighted by molar-refractivity contribution is 0.0559. The Morgan fingerprint density at radius 2 is 1.65 bits per heavy atom. The van der Waals surface area contributed by atoms with Crippen LogP contribution in [0.15, 0.2) is 77.7 Å². The third kappa shape index (κ3) is 3.61. The van der Waals surface area contributed by atoms with Gasteiger partial charge in [0.1, 0.15) is 17.7 Å². The van der Waals surface area contributed by atoms with Crippen LogP contribution in [0, 0.1) is 23.0 Å².